The van der Waals surface area contributed by atoms with Crippen LogP contribution in [0.4, 0.5) is 34.9 Å². The first-order valence-electron chi connectivity index (χ1n) is 10.7. The van der Waals surface area contributed by atoms with Gasteiger partial charge in [-0.05, 0) is 55.8 Å². The van der Waals surface area contributed by atoms with Gasteiger partial charge in [-0.1, -0.05) is 54.1 Å². The molecule has 0 spiro atoms. The number of aromatic nitrogens is 3. The Morgan fingerprint density at radius 3 is 1.88 bits per heavy atom. The predicted molar refractivity (Wildman–Crippen MR) is 137 cm³/mol. The van der Waals surface area contributed by atoms with Crippen molar-refractivity contribution in [1.82, 2.24) is 15.0 Å². The SMILES string of the molecule is Cc1ccc(Cl)cc1NC(=O)C(C)Nc1nc(Nc2ccccc2)nc(Nc2ccccc2)n1. The molecular formula is C25H24ClN7O. The Kier molecular flexibility index (Phi) is 7.19. The quantitative estimate of drug-likeness (QED) is 0.258. The number of anilines is 6. The molecule has 1 unspecified atom stereocenters. The van der Waals surface area contributed by atoms with Crippen LogP contribution in [0.3, 0.4) is 0 Å². The third-order valence-electron chi connectivity index (χ3n) is 4.89. The molecule has 1 aromatic heterocycles. The van der Waals surface area contributed by atoms with Gasteiger partial charge in [-0.15, -0.1) is 0 Å². The molecule has 172 valence electrons. The van der Waals surface area contributed by atoms with Crippen molar-refractivity contribution in [2.24, 2.45) is 0 Å². The van der Waals surface area contributed by atoms with E-state index < -0.39 is 6.04 Å². The fourth-order valence-electron chi connectivity index (χ4n) is 3.08. The van der Waals surface area contributed by atoms with E-state index in [2.05, 4.69) is 36.2 Å². The Morgan fingerprint density at radius 1 is 0.794 bits per heavy atom. The highest BCUT2D eigenvalue weighted by molar-refractivity contribution is 6.31. The van der Waals surface area contributed by atoms with E-state index in [0.717, 1.165) is 16.9 Å². The lowest BCUT2D eigenvalue weighted by molar-refractivity contribution is -0.116. The smallest absolute Gasteiger partial charge is 0.246 e. The molecule has 0 fully saturated rings. The molecule has 0 aliphatic rings. The Bertz CT molecular complexity index is 1210. The Morgan fingerprint density at radius 2 is 1.32 bits per heavy atom. The van der Waals surface area contributed by atoms with E-state index in [4.69, 9.17) is 11.6 Å². The molecular weight excluding hydrogens is 450 g/mol. The molecule has 4 aromatic rings. The summed E-state index contributed by atoms with van der Waals surface area (Å²) in [6.45, 7) is 3.63. The molecule has 4 N–H and O–H groups in total. The molecule has 0 aliphatic carbocycles. The average Bonchev–Trinajstić information content (AvgIpc) is 2.82. The van der Waals surface area contributed by atoms with Gasteiger partial charge in [0, 0.05) is 22.1 Å². The van der Waals surface area contributed by atoms with Crippen LogP contribution in [-0.2, 0) is 4.79 Å². The summed E-state index contributed by atoms with van der Waals surface area (Å²) in [5.74, 6) is 0.666. The molecule has 0 bridgehead atoms. The van der Waals surface area contributed by atoms with Gasteiger partial charge in [-0.3, -0.25) is 4.79 Å². The molecule has 1 amide bonds. The zero-order valence-corrected chi connectivity index (χ0v) is 19.5. The first kappa shape index (κ1) is 23.0. The molecule has 3 aromatic carbocycles. The van der Waals surface area contributed by atoms with Crippen LogP contribution in [0, 0.1) is 6.92 Å². The molecule has 1 heterocycles. The van der Waals surface area contributed by atoms with Gasteiger partial charge >= 0.3 is 0 Å². The fraction of sp³-hybridized carbons (Fsp3) is 0.120. The second kappa shape index (κ2) is 10.6. The standard InChI is InChI=1S/C25H24ClN7O/c1-16-13-14-18(26)15-21(16)30-22(34)17(2)27-23-31-24(28-19-9-5-3-6-10-19)33-25(32-23)29-20-11-7-4-8-12-20/h3-15,17H,1-2H3,(H,30,34)(H3,27,28,29,31,32,33). The number of hydrogen-bond donors (Lipinski definition) is 4. The lowest BCUT2D eigenvalue weighted by Gasteiger charge is -2.17. The van der Waals surface area contributed by atoms with E-state index in [0.29, 0.717) is 22.6 Å². The molecule has 1 atom stereocenters. The zero-order valence-electron chi connectivity index (χ0n) is 18.7. The Hall–Kier alpha value is -4.17. The van der Waals surface area contributed by atoms with Gasteiger partial charge in [-0.25, -0.2) is 0 Å². The number of halogens is 1. The van der Waals surface area contributed by atoms with Crippen molar-refractivity contribution < 1.29 is 4.79 Å². The monoisotopic (exact) mass is 473 g/mol. The summed E-state index contributed by atoms with van der Waals surface area (Å²) in [6.07, 6.45) is 0. The van der Waals surface area contributed by atoms with Crippen molar-refractivity contribution in [2.45, 2.75) is 19.9 Å². The second-order valence-corrected chi connectivity index (χ2v) is 8.04. The number of benzene rings is 3. The third kappa shape index (κ3) is 6.20. The topological polar surface area (TPSA) is 104 Å². The minimum atomic E-state index is -0.630. The van der Waals surface area contributed by atoms with E-state index >= 15 is 0 Å². The van der Waals surface area contributed by atoms with Crippen LogP contribution in [0.25, 0.3) is 0 Å². The number of nitrogens with zero attached hydrogens (tertiary/aromatic N) is 3. The highest BCUT2D eigenvalue weighted by atomic mass is 35.5. The number of hydrogen-bond acceptors (Lipinski definition) is 7. The van der Waals surface area contributed by atoms with Crippen LogP contribution in [-0.4, -0.2) is 26.9 Å². The van der Waals surface area contributed by atoms with Crippen molar-refractivity contribution in [3.63, 3.8) is 0 Å². The summed E-state index contributed by atoms with van der Waals surface area (Å²) in [7, 11) is 0. The summed E-state index contributed by atoms with van der Waals surface area (Å²) < 4.78 is 0. The van der Waals surface area contributed by atoms with Gasteiger partial charge in [0.25, 0.3) is 0 Å². The zero-order chi connectivity index (χ0) is 23.9. The number of aryl methyl sites for hydroxylation is 1. The molecule has 0 saturated carbocycles. The number of amides is 1. The molecule has 9 heteroatoms. The van der Waals surface area contributed by atoms with Crippen molar-refractivity contribution in [3.8, 4) is 0 Å². The van der Waals surface area contributed by atoms with Crippen molar-refractivity contribution in [2.75, 3.05) is 21.3 Å². The highest BCUT2D eigenvalue weighted by Gasteiger charge is 2.17. The van der Waals surface area contributed by atoms with Crippen LogP contribution in [0.5, 0.6) is 0 Å². The lowest BCUT2D eigenvalue weighted by atomic mass is 10.2. The molecule has 0 aliphatic heterocycles. The van der Waals surface area contributed by atoms with Crippen molar-refractivity contribution >= 4 is 52.4 Å². The van der Waals surface area contributed by atoms with Crippen molar-refractivity contribution in [3.05, 3.63) is 89.4 Å². The number of carbonyl (C=O) groups excluding carboxylic acids is 1. The van der Waals surface area contributed by atoms with Gasteiger partial charge in [0.2, 0.25) is 23.8 Å². The van der Waals surface area contributed by atoms with Gasteiger partial charge < -0.3 is 21.3 Å². The number of rotatable bonds is 8. The first-order chi connectivity index (χ1) is 16.5. The molecule has 0 radical (unpaired) electrons. The maximum atomic E-state index is 12.8. The van der Waals surface area contributed by atoms with E-state index in [9.17, 15) is 4.79 Å². The van der Waals surface area contributed by atoms with E-state index in [1.54, 1.807) is 19.1 Å². The summed E-state index contributed by atoms with van der Waals surface area (Å²) >= 11 is 6.07. The van der Waals surface area contributed by atoms with Crippen molar-refractivity contribution in [1.29, 1.82) is 0 Å². The van der Waals surface area contributed by atoms with E-state index in [1.165, 1.54) is 0 Å². The summed E-state index contributed by atoms with van der Waals surface area (Å²) in [5, 5.41) is 12.8. The summed E-state index contributed by atoms with van der Waals surface area (Å²) in [4.78, 5) is 26.2. The van der Waals surface area contributed by atoms with Gasteiger partial charge in [0.05, 0.1) is 0 Å². The third-order valence-corrected chi connectivity index (χ3v) is 5.13. The maximum Gasteiger partial charge on any atom is 0.246 e. The number of nitrogens with one attached hydrogen (secondary N) is 4. The second-order valence-electron chi connectivity index (χ2n) is 7.60. The normalized spacial score (nSPS) is 11.4. The highest BCUT2D eigenvalue weighted by Crippen LogP contribution is 2.21. The minimum Gasteiger partial charge on any atom is -0.342 e. The summed E-state index contributed by atoms with van der Waals surface area (Å²) in [5.41, 5.74) is 3.22. The largest absolute Gasteiger partial charge is 0.342 e. The number of para-hydroxylation sites is 2. The van der Waals surface area contributed by atoms with Crippen LogP contribution in [0.15, 0.2) is 78.9 Å². The van der Waals surface area contributed by atoms with Crippen LogP contribution in [0.1, 0.15) is 12.5 Å². The molecule has 8 nitrogen and oxygen atoms in total. The van der Waals surface area contributed by atoms with Crippen LogP contribution < -0.4 is 21.3 Å². The first-order valence-corrected chi connectivity index (χ1v) is 11.1. The Labute approximate surface area is 202 Å². The molecule has 34 heavy (non-hydrogen) atoms. The van der Waals surface area contributed by atoms with Gasteiger partial charge in [0.1, 0.15) is 6.04 Å². The molecule has 0 saturated heterocycles. The van der Waals surface area contributed by atoms with Gasteiger partial charge in [-0.2, -0.15) is 15.0 Å². The average molecular weight is 474 g/mol. The van der Waals surface area contributed by atoms with E-state index in [1.807, 2.05) is 73.7 Å². The van der Waals surface area contributed by atoms with Crippen LogP contribution in [0.2, 0.25) is 5.02 Å². The fourth-order valence-corrected chi connectivity index (χ4v) is 3.25. The lowest BCUT2D eigenvalue weighted by Crippen LogP contribution is -2.33. The van der Waals surface area contributed by atoms with Gasteiger partial charge in [0.15, 0.2) is 0 Å². The summed E-state index contributed by atoms with van der Waals surface area (Å²) in [6, 6.07) is 23.9. The number of carbonyl (C=O) groups is 1. The predicted octanol–water partition coefficient (Wildman–Crippen LogP) is 5.76. The molecule has 4 rings (SSSR count). The van der Waals surface area contributed by atoms with Crippen LogP contribution >= 0.6 is 11.6 Å². The minimum absolute atomic E-state index is 0.248. The Balaban J connectivity index is 1.55. The maximum absolute atomic E-state index is 12.8. The van der Waals surface area contributed by atoms with E-state index in [-0.39, 0.29) is 11.9 Å².